The molecule has 0 bridgehead atoms. The van der Waals surface area contributed by atoms with E-state index in [1.54, 1.807) is 17.5 Å². The van der Waals surface area contributed by atoms with Gasteiger partial charge in [0.15, 0.2) is 0 Å². The maximum Gasteiger partial charge on any atom is 0.0950 e. The van der Waals surface area contributed by atoms with Gasteiger partial charge in [0, 0.05) is 16.8 Å². The van der Waals surface area contributed by atoms with Gasteiger partial charge in [-0.05, 0) is 34.1 Å². The van der Waals surface area contributed by atoms with E-state index < -0.39 is 0 Å². The van der Waals surface area contributed by atoms with E-state index in [0.29, 0.717) is 0 Å². The van der Waals surface area contributed by atoms with E-state index in [0.717, 1.165) is 26.9 Å². The first-order chi connectivity index (χ1) is 8.83. The van der Waals surface area contributed by atoms with Gasteiger partial charge in [0.05, 0.1) is 21.2 Å². The maximum absolute atomic E-state index is 4.11. The lowest BCUT2D eigenvalue weighted by atomic mass is 10.2. The van der Waals surface area contributed by atoms with E-state index in [1.807, 2.05) is 18.2 Å². The van der Waals surface area contributed by atoms with Gasteiger partial charge in [0.1, 0.15) is 0 Å². The second-order valence-electron chi connectivity index (χ2n) is 3.83. The second-order valence-corrected chi connectivity index (χ2v) is 6.38. The fourth-order valence-electron chi connectivity index (χ4n) is 1.78. The first kappa shape index (κ1) is 11.6. The van der Waals surface area contributed by atoms with Crippen LogP contribution in [-0.2, 0) is 6.54 Å². The quantitative estimate of drug-likeness (QED) is 0.790. The summed E-state index contributed by atoms with van der Waals surface area (Å²) >= 11 is 5.20. The highest BCUT2D eigenvalue weighted by Crippen LogP contribution is 2.24. The molecule has 0 aliphatic carbocycles. The molecule has 90 valence electrons. The summed E-state index contributed by atoms with van der Waals surface area (Å²) in [4.78, 5) is 1.28. The van der Waals surface area contributed by atoms with Gasteiger partial charge in [-0.25, -0.2) is 0 Å². The van der Waals surface area contributed by atoms with Crippen LogP contribution >= 0.6 is 27.3 Å². The molecule has 0 radical (unpaired) electrons. The summed E-state index contributed by atoms with van der Waals surface area (Å²) in [6.45, 7) is 0.798. The molecule has 0 saturated carbocycles. The Morgan fingerprint density at radius 3 is 2.89 bits per heavy atom. The lowest BCUT2D eigenvalue weighted by molar-refractivity contribution is 1.06. The number of nitrogens with one attached hydrogen (secondary N) is 1. The summed E-state index contributed by atoms with van der Waals surface area (Å²) in [6, 6.07) is 12.2. The van der Waals surface area contributed by atoms with Crippen LogP contribution in [0.2, 0.25) is 0 Å². The van der Waals surface area contributed by atoms with Crippen LogP contribution in [0.25, 0.3) is 10.9 Å². The molecule has 0 spiro atoms. The van der Waals surface area contributed by atoms with Crippen LogP contribution in [-0.4, -0.2) is 10.2 Å². The zero-order chi connectivity index (χ0) is 12.4. The van der Waals surface area contributed by atoms with Crippen LogP contribution in [0.3, 0.4) is 0 Å². The van der Waals surface area contributed by atoms with E-state index in [9.17, 15) is 0 Å². The van der Waals surface area contributed by atoms with E-state index in [-0.39, 0.29) is 0 Å². The van der Waals surface area contributed by atoms with Crippen molar-refractivity contribution in [1.82, 2.24) is 10.2 Å². The highest BCUT2D eigenvalue weighted by molar-refractivity contribution is 9.11. The second kappa shape index (κ2) is 5.04. The van der Waals surface area contributed by atoms with Crippen molar-refractivity contribution in [2.75, 3.05) is 5.32 Å². The van der Waals surface area contributed by atoms with Gasteiger partial charge in [-0.15, -0.1) is 11.3 Å². The van der Waals surface area contributed by atoms with Crippen molar-refractivity contribution < 1.29 is 0 Å². The Bertz CT molecular complexity index is 675. The van der Waals surface area contributed by atoms with Crippen molar-refractivity contribution in [2.24, 2.45) is 0 Å². The number of hydrogen-bond acceptors (Lipinski definition) is 4. The SMILES string of the molecule is Brc1ccc(CNc2cnnc3ccccc23)s1. The molecule has 0 aliphatic rings. The largest absolute Gasteiger partial charge is 0.378 e. The average molecular weight is 320 g/mol. The molecule has 0 amide bonds. The van der Waals surface area contributed by atoms with Crippen LogP contribution in [0.15, 0.2) is 46.4 Å². The lowest BCUT2D eigenvalue weighted by Crippen LogP contribution is -1.99. The van der Waals surface area contributed by atoms with E-state index >= 15 is 0 Å². The van der Waals surface area contributed by atoms with Gasteiger partial charge in [0.2, 0.25) is 0 Å². The Labute approximate surface area is 117 Å². The van der Waals surface area contributed by atoms with Gasteiger partial charge >= 0.3 is 0 Å². The standard InChI is InChI=1S/C13H10BrN3S/c14-13-6-5-9(18-13)7-15-12-8-16-17-11-4-2-1-3-10(11)12/h1-6,8H,7H2,(H,15,17). The minimum Gasteiger partial charge on any atom is -0.378 e. The number of benzene rings is 1. The fraction of sp³-hybridized carbons (Fsp3) is 0.0769. The molecule has 0 atom stereocenters. The first-order valence-electron chi connectivity index (χ1n) is 5.51. The Balaban J connectivity index is 1.86. The summed E-state index contributed by atoms with van der Waals surface area (Å²) in [5, 5.41) is 12.6. The number of aromatic nitrogens is 2. The Morgan fingerprint density at radius 2 is 2.06 bits per heavy atom. The van der Waals surface area contributed by atoms with Crippen LogP contribution in [0.4, 0.5) is 5.69 Å². The number of anilines is 1. The van der Waals surface area contributed by atoms with Gasteiger partial charge in [0.25, 0.3) is 0 Å². The molecule has 3 aromatic rings. The monoisotopic (exact) mass is 319 g/mol. The van der Waals surface area contributed by atoms with E-state index in [2.05, 4.69) is 49.6 Å². The Morgan fingerprint density at radius 1 is 1.17 bits per heavy atom. The molecule has 0 unspecified atom stereocenters. The van der Waals surface area contributed by atoms with E-state index in [4.69, 9.17) is 0 Å². The molecule has 3 rings (SSSR count). The van der Waals surface area contributed by atoms with Crippen molar-refractivity contribution in [3.8, 4) is 0 Å². The van der Waals surface area contributed by atoms with Crippen molar-refractivity contribution >= 4 is 43.9 Å². The van der Waals surface area contributed by atoms with Gasteiger partial charge in [-0.3, -0.25) is 0 Å². The van der Waals surface area contributed by atoms with Crippen molar-refractivity contribution in [3.63, 3.8) is 0 Å². The molecule has 3 nitrogen and oxygen atoms in total. The van der Waals surface area contributed by atoms with Gasteiger partial charge in [-0.1, -0.05) is 18.2 Å². The fourth-order valence-corrected chi connectivity index (χ4v) is 3.20. The topological polar surface area (TPSA) is 37.8 Å². The highest BCUT2D eigenvalue weighted by Gasteiger charge is 2.03. The third-order valence-electron chi connectivity index (χ3n) is 2.63. The molecule has 5 heteroatoms. The highest BCUT2D eigenvalue weighted by atomic mass is 79.9. The summed E-state index contributed by atoms with van der Waals surface area (Å²) in [7, 11) is 0. The molecule has 2 heterocycles. The maximum atomic E-state index is 4.11. The molecule has 1 N–H and O–H groups in total. The summed E-state index contributed by atoms with van der Waals surface area (Å²) in [6.07, 6.45) is 1.77. The summed E-state index contributed by atoms with van der Waals surface area (Å²) < 4.78 is 1.15. The molecular formula is C13H10BrN3S. The molecule has 0 saturated heterocycles. The number of halogens is 1. The van der Waals surface area contributed by atoms with Crippen molar-refractivity contribution in [3.05, 3.63) is 51.3 Å². The van der Waals surface area contributed by atoms with E-state index in [1.165, 1.54) is 4.88 Å². The minimum absolute atomic E-state index is 0.798. The zero-order valence-electron chi connectivity index (χ0n) is 9.43. The van der Waals surface area contributed by atoms with Crippen molar-refractivity contribution in [1.29, 1.82) is 0 Å². The average Bonchev–Trinajstić information content (AvgIpc) is 2.82. The van der Waals surface area contributed by atoms with Crippen LogP contribution in [0, 0.1) is 0 Å². The number of fused-ring (bicyclic) bond motifs is 1. The van der Waals surface area contributed by atoms with Crippen LogP contribution < -0.4 is 5.32 Å². The van der Waals surface area contributed by atoms with Gasteiger partial charge < -0.3 is 5.32 Å². The number of hydrogen-bond donors (Lipinski definition) is 1. The predicted octanol–water partition coefficient (Wildman–Crippen LogP) is 4.07. The molecule has 0 fully saturated rings. The smallest absolute Gasteiger partial charge is 0.0950 e. The molecule has 18 heavy (non-hydrogen) atoms. The molecule has 0 aliphatic heterocycles. The number of rotatable bonds is 3. The van der Waals surface area contributed by atoms with Crippen LogP contribution in [0.5, 0.6) is 0 Å². The third kappa shape index (κ3) is 2.37. The molecular weight excluding hydrogens is 310 g/mol. The minimum atomic E-state index is 0.798. The first-order valence-corrected chi connectivity index (χ1v) is 7.12. The number of thiophene rings is 1. The lowest BCUT2D eigenvalue weighted by Gasteiger charge is -2.07. The molecule has 1 aromatic carbocycles. The predicted molar refractivity (Wildman–Crippen MR) is 78.9 cm³/mol. The van der Waals surface area contributed by atoms with Gasteiger partial charge in [-0.2, -0.15) is 10.2 Å². The van der Waals surface area contributed by atoms with Crippen molar-refractivity contribution in [2.45, 2.75) is 6.54 Å². The zero-order valence-corrected chi connectivity index (χ0v) is 11.8. The molecule has 2 aromatic heterocycles. The summed E-state index contributed by atoms with van der Waals surface area (Å²) in [5.74, 6) is 0. The number of nitrogens with zero attached hydrogens (tertiary/aromatic N) is 2. The summed E-state index contributed by atoms with van der Waals surface area (Å²) in [5.41, 5.74) is 1.93. The Hall–Kier alpha value is -1.46. The van der Waals surface area contributed by atoms with Crippen LogP contribution in [0.1, 0.15) is 4.88 Å². The third-order valence-corrected chi connectivity index (χ3v) is 4.25. The normalized spacial score (nSPS) is 10.7. The Kier molecular flexibility index (Phi) is 3.25.